The fourth-order valence-electron chi connectivity index (χ4n) is 3.16. The van der Waals surface area contributed by atoms with Gasteiger partial charge in [0.25, 0.3) is 0 Å². The first-order valence-corrected chi connectivity index (χ1v) is 9.51. The second-order valence-electron chi connectivity index (χ2n) is 8.33. The van der Waals surface area contributed by atoms with Crippen LogP contribution in [-0.4, -0.2) is 30.3 Å². The van der Waals surface area contributed by atoms with Crippen molar-refractivity contribution in [3.05, 3.63) is 47.5 Å². The van der Waals surface area contributed by atoms with Gasteiger partial charge in [-0.05, 0) is 53.0 Å². The third kappa shape index (κ3) is 6.74. The Morgan fingerprint density at radius 3 is 2.56 bits per heavy atom. The van der Waals surface area contributed by atoms with Gasteiger partial charge < -0.3 is 14.8 Å². The van der Waals surface area contributed by atoms with Crippen LogP contribution in [0.25, 0.3) is 0 Å². The zero-order valence-corrected chi connectivity index (χ0v) is 17.0. The summed E-state index contributed by atoms with van der Waals surface area (Å²) in [4.78, 5) is 24.4. The lowest BCUT2D eigenvalue weighted by Crippen LogP contribution is -2.37. The quantitative estimate of drug-likeness (QED) is 0.585. The molecule has 1 aromatic rings. The lowest BCUT2D eigenvalue weighted by Gasteiger charge is -2.25. The fraction of sp³-hybridized carbons (Fsp3) is 0.545. The van der Waals surface area contributed by atoms with E-state index >= 15 is 0 Å². The molecule has 1 heterocycles. The summed E-state index contributed by atoms with van der Waals surface area (Å²) in [5, 5.41) is 2.83. The monoisotopic (exact) mass is 373 g/mol. The summed E-state index contributed by atoms with van der Waals surface area (Å²) in [5.41, 5.74) is 1.67. The predicted octanol–water partition coefficient (Wildman–Crippen LogP) is 4.58. The highest BCUT2D eigenvalue weighted by Gasteiger charge is 2.39. The summed E-state index contributed by atoms with van der Waals surface area (Å²) in [6.07, 6.45) is 2.70. The number of hydrogen-bond donors (Lipinski definition) is 1. The highest BCUT2D eigenvalue weighted by atomic mass is 16.6. The maximum atomic E-state index is 12.3. The van der Waals surface area contributed by atoms with Crippen LogP contribution in [0.4, 0.5) is 4.79 Å². The minimum atomic E-state index is -0.554. The van der Waals surface area contributed by atoms with Gasteiger partial charge in [0, 0.05) is 12.5 Å². The van der Waals surface area contributed by atoms with Crippen LogP contribution in [0.15, 0.2) is 42.0 Å². The molecule has 1 amide bonds. The zero-order valence-electron chi connectivity index (χ0n) is 17.0. The minimum Gasteiger partial charge on any atom is -0.461 e. The number of carbonyl (C=O) groups is 2. The van der Waals surface area contributed by atoms with E-state index in [9.17, 15) is 9.59 Å². The Kier molecular flexibility index (Phi) is 7.05. The number of carbonyl (C=O) groups excluding carboxylic acids is 2. The number of amides is 1. The molecule has 0 radical (unpaired) electrons. The minimum absolute atomic E-state index is 0.112. The standard InChI is InChI=1S/C22H31NO4/c1-15(2)11-12-17-13-19(26-20(17)24)18(16-9-7-6-8-10-16)14-23-21(25)27-22(3,4)5/h6-11,17-19H,12-14H2,1-5H3,(H,23,25)/t17-,18+,19+/m1/s1. The van der Waals surface area contributed by atoms with Gasteiger partial charge >= 0.3 is 12.1 Å². The highest BCUT2D eigenvalue weighted by Crippen LogP contribution is 2.34. The van der Waals surface area contributed by atoms with Gasteiger partial charge in [0.05, 0.1) is 5.92 Å². The summed E-state index contributed by atoms with van der Waals surface area (Å²) >= 11 is 0. The van der Waals surface area contributed by atoms with Crippen LogP contribution in [-0.2, 0) is 14.3 Å². The molecule has 5 heteroatoms. The number of cyclic esters (lactones) is 1. The van der Waals surface area contributed by atoms with Gasteiger partial charge in [-0.15, -0.1) is 0 Å². The van der Waals surface area contributed by atoms with Crippen LogP contribution in [0.5, 0.6) is 0 Å². The molecule has 1 aromatic carbocycles. The number of benzene rings is 1. The lowest BCUT2D eigenvalue weighted by molar-refractivity contribution is -0.144. The number of hydrogen-bond acceptors (Lipinski definition) is 4. The molecule has 0 spiro atoms. The van der Waals surface area contributed by atoms with Crippen LogP contribution in [0.2, 0.25) is 0 Å². The largest absolute Gasteiger partial charge is 0.461 e. The molecule has 0 saturated carbocycles. The van der Waals surface area contributed by atoms with Crippen LogP contribution < -0.4 is 5.32 Å². The molecule has 1 fully saturated rings. The molecule has 1 aliphatic heterocycles. The summed E-state index contributed by atoms with van der Waals surface area (Å²) in [6, 6.07) is 9.85. The second kappa shape index (κ2) is 9.07. The molecular weight excluding hydrogens is 342 g/mol. The Bertz CT molecular complexity index is 671. The van der Waals surface area contributed by atoms with Gasteiger partial charge in [-0.25, -0.2) is 4.79 Å². The van der Waals surface area contributed by atoms with E-state index in [1.54, 1.807) is 0 Å². The Labute approximate surface area is 162 Å². The summed E-state index contributed by atoms with van der Waals surface area (Å²) in [6.45, 7) is 9.88. The van der Waals surface area contributed by atoms with Crippen molar-refractivity contribution in [1.29, 1.82) is 0 Å². The van der Waals surface area contributed by atoms with E-state index < -0.39 is 11.7 Å². The van der Waals surface area contributed by atoms with E-state index in [-0.39, 0.29) is 23.9 Å². The van der Waals surface area contributed by atoms with E-state index in [1.807, 2.05) is 65.0 Å². The smallest absolute Gasteiger partial charge is 0.407 e. The molecule has 1 N–H and O–H groups in total. The molecule has 5 nitrogen and oxygen atoms in total. The normalized spacial score (nSPS) is 20.6. The topological polar surface area (TPSA) is 64.6 Å². The van der Waals surface area contributed by atoms with Crippen molar-refractivity contribution in [3.63, 3.8) is 0 Å². The third-order valence-electron chi connectivity index (χ3n) is 4.47. The maximum absolute atomic E-state index is 12.3. The summed E-state index contributed by atoms with van der Waals surface area (Å²) in [5.74, 6) is -0.396. The first-order chi connectivity index (χ1) is 12.7. The van der Waals surface area contributed by atoms with E-state index in [4.69, 9.17) is 9.47 Å². The van der Waals surface area contributed by atoms with Crippen molar-refractivity contribution in [2.24, 2.45) is 5.92 Å². The van der Waals surface area contributed by atoms with E-state index in [2.05, 4.69) is 11.4 Å². The third-order valence-corrected chi connectivity index (χ3v) is 4.47. The Morgan fingerprint density at radius 1 is 1.30 bits per heavy atom. The molecule has 2 rings (SSSR count). The average Bonchev–Trinajstić information content (AvgIpc) is 2.93. The van der Waals surface area contributed by atoms with Gasteiger partial charge in [0.15, 0.2) is 0 Å². The summed E-state index contributed by atoms with van der Waals surface area (Å²) < 4.78 is 11.0. The van der Waals surface area contributed by atoms with Crippen molar-refractivity contribution >= 4 is 12.1 Å². The Balaban J connectivity index is 2.09. The molecule has 3 atom stereocenters. The molecule has 27 heavy (non-hydrogen) atoms. The van der Waals surface area contributed by atoms with E-state index in [0.29, 0.717) is 19.4 Å². The highest BCUT2D eigenvalue weighted by molar-refractivity contribution is 5.75. The molecule has 0 unspecified atom stereocenters. The molecule has 148 valence electrons. The van der Waals surface area contributed by atoms with Crippen LogP contribution in [0, 0.1) is 5.92 Å². The number of alkyl carbamates (subject to hydrolysis) is 1. The molecule has 0 aliphatic carbocycles. The van der Waals surface area contributed by atoms with Crippen molar-refractivity contribution in [2.45, 2.75) is 65.1 Å². The molecule has 0 aromatic heterocycles. The Morgan fingerprint density at radius 2 is 1.96 bits per heavy atom. The van der Waals surface area contributed by atoms with Crippen molar-refractivity contribution < 1.29 is 19.1 Å². The predicted molar refractivity (Wildman–Crippen MR) is 105 cm³/mol. The van der Waals surface area contributed by atoms with Gasteiger partial charge in [-0.1, -0.05) is 42.0 Å². The second-order valence-corrected chi connectivity index (χ2v) is 8.33. The van der Waals surface area contributed by atoms with Crippen molar-refractivity contribution in [2.75, 3.05) is 6.54 Å². The number of esters is 1. The number of rotatable bonds is 6. The van der Waals surface area contributed by atoms with E-state index in [0.717, 1.165) is 5.56 Å². The average molecular weight is 373 g/mol. The molecule has 0 bridgehead atoms. The van der Waals surface area contributed by atoms with Crippen LogP contribution >= 0.6 is 0 Å². The first-order valence-electron chi connectivity index (χ1n) is 9.51. The fourth-order valence-corrected chi connectivity index (χ4v) is 3.16. The number of nitrogens with one attached hydrogen (secondary N) is 1. The lowest BCUT2D eigenvalue weighted by atomic mass is 9.88. The maximum Gasteiger partial charge on any atom is 0.407 e. The number of ether oxygens (including phenoxy) is 2. The molecule has 1 saturated heterocycles. The van der Waals surface area contributed by atoms with Gasteiger partial charge in [0.1, 0.15) is 11.7 Å². The van der Waals surface area contributed by atoms with Gasteiger partial charge in [-0.2, -0.15) is 0 Å². The van der Waals surface area contributed by atoms with Gasteiger partial charge in [-0.3, -0.25) is 4.79 Å². The van der Waals surface area contributed by atoms with Crippen molar-refractivity contribution in [3.8, 4) is 0 Å². The van der Waals surface area contributed by atoms with Gasteiger partial charge in [0.2, 0.25) is 0 Å². The van der Waals surface area contributed by atoms with E-state index in [1.165, 1.54) is 5.57 Å². The van der Waals surface area contributed by atoms with Crippen molar-refractivity contribution in [1.82, 2.24) is 5.32 Å². The number of allylic oxidation sites excluding steroid dienone is 2. The van der Waals surface area contributed by atoms with Crippen LogP contribution in [0.3, 0.4) is 0 Å². The zero-order chi connectivity index (χ0) is 20.0. The first kappa shape index (κ1) is 21.0. The van der Waals surface area contributed by atoms with Crippen LogP contribution in [0.1, 0.15) is 58.9 Å². The molecule has 1 aliphatic rings. The summed E-state index contributed by atoms with van der Waals surface area (Å²) in [7, 11) is 0. The SMILES string of the molecule is CC(C)=CC[C@@H]1C[C@@H]([C@@H](CNC(=O)OC(C)(C)C)c2ccccc2)OC1=O. The molecular formula is C22H31NO4. The Hall–Kier alpha value is -2.30.